The minimum atomic E-state index is -0.688. The average molecular weight is 373 g/mol. The van der Waals surface area contributed by atoms with Crippen molar-refractivity contribution in [2.45, 2.75) is 49.9 Å². The Hall–Kier alpha value is -2.12. The van der Waals surface area contributed by atoms with Gasteiger partial charge in [-0.3, -0.25) is 9.59 Å². The van der Waals surface area contributed by atoms with Crippen LogP contribution in [-0.2, 0) is 14.3 Å². The van der Waals surface area contributed by atoms with Crippen molar-refractivity contribution in [3.63, 3.8) is 0 Å². The maximum atomic E-state index is 13.0. The van der Waals surface area contributed by atoms with Crippen molar-refractivity contribution in [1.29, 1.82) is 0 Å². The van der Waals surface area contributed by atoms with Gasteiger partial charge < -0.3 is 25.0 Å². The molecule has 0 bridgehead atoms. The minimum absolute atomic E-state index is 0.0343. The van der Waals surface area contributed by atoms with Gasteiger partial charge in [0.2, 0.25) is 5.91 Å². The minimum Gasteiger partial charge on any atom is -0.497 e. The molecule has 7 heteroatoms. The molecule has 3 aliphatic rings. The summed E-state index contributed by atoms with van der Waals surface area (Å²) in [4.78, 5) is 27.5. The molecular weight excluding hydrogens is 346 g/mol. The van der Waals surface area contributed by atoms with Crippen molar-refractivity contribution in [1.82, 2.24) is 15.5 Å². The monoisotopic (exact) mass is 373 g/mol. The maximum absolute atomic E-state index is 13.0. The summed E-state index contributed by atoms with van der Waals surface area (Å²) < 4.78 is 11.0. The number of hydrogen-bond donors (Lipinski definition) is 2. The molecule has 0 unspecified atom stereocenters. The van der Waals surface area contributed by atoms with Crippen LogP contribution < -0.4 is 15.4 Å². The first-order valence-corrected chi connectivity index (χ1v) is 9.75. The fourth-order valence-corrected chi connectivity index (χ4v) is 4.02. The van der Waals surface area contributed by atoms with Gasteiger partial charge in [0.05, 0.1) is 13.2 Å². The molecule has 1 aromatic rings. The molecule has 2 aliphatic heterocycles. The summed E-state index contributed by atoms with van der Waals surface area (Å²) in [5.74, 6) is 0.584. The zero-order valence-electron chi connectivity index (χ0n) is 15.6. The Labute approximate surface area is 159 Å². The van der Waals surface area contributed by atoms with Gasteiger partial charge in [0.25, 0.3) is 5.91 Å². The molecule has 4 rings (SSSR count). The number of benzene rings is 1. The van der Waals surface area contributed by atoms with E-state index in [1.54, 1.807) is 7.11 Å². The Kier molecular flexibility index (Phi) is 5.31. The van der Waals surface area contributed by atoms with Crippen LogP contribution in [0.15, 0.2) is 24.3 Å². The highest BCUT2D eigenvalue weighted by Gasteiger charge is 2.47. The van der Waals surface area contributed by atoms with Crippen molar-refractivity contribution in [3.05, 3.63) is 29.8 Å². The Morgan fingerprint density at radius 1 is 1.19 bits per heavy atom. The number of piperidine rings is 1. The Balaban J connectivity index is 1.58. The second-order valence-corrected chi connectivity index (χ2v) is 7.51. The van der Waals surface area contributed by atoms with Gasteiger partial charge >= 0.3 is 0 Å². The summed E-state index contributed by atoms with van der Waals surface area (Å²) in [5, 5.41) is 6.44. The smallest absolute Gasteiger partial charge is 0.251 e. The molecule has 1 aromatic carbocycles. The Morgan fingerprint density at radius 3 is 2.52 bits per heavy atom. The summed E-state index contributed by atoms with van der Waals surface area (Å²) in [6, 6.07) is 7.54. The molecule has 27 heavy (non-hydrogen) atoms. The maximum Gasteiger partial charge on any atom is 0.251 e. The molecule has 0 radical (unpaired) electrons. The van der Waals surface area contributed by atoms with E-state index in [0.717, 1.165) is 50.1 Å². The number of carbonyl (C=O) groups excluding carboxylic acids is 2. The molecule has 2 amide bonds. The molecule has 1 aliphatic carbocycles. The molecule has 2 saturated heterocycles. The number of ether oxygens (including phenoxy) is 2. The summed E-state index contributed by atoms with van der Waals surface area (Å²) in [7, 11) is 1.62. The van der Waals surface area contributed by atoms with E-state index in [0.29, 0.717) is 0 Å². The summed E-state index contributed by atoms with van der Waals surface area (Å²) in [6.07, 6.45) is 3.11. The van der Waals surface area contributed by atoms with Crippen LogP contribution in [0.4, 0.5) is 0 Å². The summed E-state index contributed by atoms with van der Waals surface area (Å²) >= 11 is 0. The molecule has 3 fully saturated rings. The van der Waals surface area contributed by atoms with E-state index in [-0.39, 0.29) is 30.5 Å². The lowest BCUT2D eigenvalue weighted by Gasteiger charge is -2.41. The van der Waals surface area contributed by atoms with Gasteiger partial charge in [-0.25, -0.2) is 0 Å². The molecule has 7 nitrogen and oxygen atoms in total. The van der Waals surface area contributed by atoms with Gasteiger partial charge in [-0.1, -0.05) is 12.1 Å². The average Bonchev–Trinajstić information content (AvgIpc) is 3.53. The van der Waals surface area contributed by atoms with Crippen molar-refractivity contribution in [2.24, 2.45) is 0 Å². The first-order chi connectivity index (χ1) is 13.2. The standard InChI is InChI=1S/C20H27N3O4/c1-26-16-6-2-13(3-7-16)18-19(20(25)22-14-8-10-21-11-9-14)27-12-17(24)23(18)15-4-5-15/h2-3,6-7,14-15,18-19,21H,4-5,8-12H2,1H3,(H,22,25)/t18-,19+/m1/s1. The van der Waals surface area contributed by atoms with Crippen molar-refractivity contribution >= 4 is 11.8 Å². The molecular formula is C20H27N3O4. The molecule has 2 atom stereocenters. The molecule has 2 N–H and O–H groups in total. The van der Waals surface area contributed by atoms with E-state index in [9.17, 15) is 9.59 Å². The highest BCUT2D eigenvalue weighted by atomic mass is 16.5. The number of nitrogens with one attached hydrogen (secondary N) is 2. The fraction of sp³-hybridized carbons (Fsp3) is 0.600. The van der Waals surface area contributed by atoms with Crippen molar-refractivity contribution < 1.29 is 19.1 Å². The van der Waals surface area contributed by atoms with Gasteiger partial charge in [-0.2, -0.15) is 0 Å². The van der Waals surface area contributed by atoms with E-state index >= 15 is 0 Å². The number of carbonyl (C=O) groups is 2. The predicted molar refractivity (Wildman–Crippen MR) is 99.4 cm³/mol. The number of hydrogen-bond acceptors (Lipinski definition) is 5. The second-order valence-electron chi connectivity index (χ2n) is 7.51. The first kappa shape index (κ1) is 18.3. The zero-order valence-corrected chi connectivity index (χ0v) is 15.6. The van der Waals surface area contributed by atoms with Crippen LogP contribution in [-0.4, -0.2) is 61.7 Å². The fourth-order valence-electron chi connectivity index (χ4n) is 4.02. The first-order valence-electron chi connectivity index (χ1n) is 9.75. The Bertz CT molecular complexity index is 683. The van der Waals surface area contributed by atoms with E-state index in [4.69, 9.17) is 9.47 Å². The third kappa shape index (κ3) is 3.94. The van der Waals surface area contributed by atoms with Gasteiger partial charge in [0, 0.05) is 12.1 Å². The number of methoxy groups -OCH3 is 1. The predicted octanol–water partition coefficient (Wildman–Crippen LogP) is 0.994. The third-order valence-electron chi connectivity index (χ3n) is 5.60. The van der Waals surface area contributed by atoms with E-state index in [1.807, 2.05) is 29.2 Å². The van der Waals surface area contributed by atoms with Gasteiger partial charge in [0.15, 0.2) is 6.10 Å². The number of morpholine rings is 1. The van der Waals surface area contributed by atoms with Crippen LogP contribution in [0.2, 0.25) is 0 Å². The van der Waals surface area contributed by atoms with E-state index in [1.165, 1.54) is 0 Å². The second kappa shape index (κ2) is 7.86. The zero-order chi connectivity index (χ0) is 18.8. The van der Waals surface area contributed by atoms with Gasteiger partial charge in [-0.05, 0) is 56.5 Å². The molecule has 0 aromatic heterocycles. The van der Waals surface area contributed by atoms with Gasteiger partial charge in [-0.15, -0.1) is 0 Å². The largest absolute Gasteiger partial charge is 0.497 e. The Morgan fingerprint density at radius 2 is 1.89 bits per heavy atom. The van der Waals surface area contributed by atoms with E-state index in [2.05, 4.69) is 10.6 Å². The van der Waals surface area contributed by atoms with Crippen molar-refractivity contribution in [2.75, 3.05) is 26.8 Å². The topological polar surface area (TPSA) is 79.9 Å². The van der Waals surface area contributed by atoms with Crippen LogP contribution >= 0.6 is 0 Å². The van der Waals surface area contributed by atoms with E-state index < -0.39 is 12.1 Å². The lowest BCUT2D eigenvalue weighted by Crippen LogP contribution is -2.56. The summed E-state index contributed by atoms with van der Waals surface area (Å²) in [5.41, 5.74) is 0.904. The van der Waals surface area contributed by atoms with Crippen LogP contribution in [0.25, 0.3) is 0 Å². The number of rotatable bonds is 5. The van der Waals surface area contributed by atoms with Gasteiger partial charge in [0.1, 0.15) is 12.4 Å². The van der Waals surface area contributed by atoms with Crippen molar-refractivity contribution in [3.8, 4) is 5.75 Å². The SMILES string of the molecule is COc1ccc([C@@H]2[C@@H](C(=O)NC3CCNCC3)OCC(=O)N2C2CC2)cc1. The van der Waals surface area contributed by atoms with Crippen LogP contribution in [0.3, 0.4) is 0 Å². The third-order valence-corrected chi connectivity index (χ3v) is 5.60. The number of nitrogens with zero attached hydrogens (tertiary/aromatic N) is 1. The normalized spacial score (nSPS) is 26.7. The highest BCUT2D eigenvalue weighted by Crippen LogP contribution is 2.40. The molecule has 0 spiro atoms. The lowest BCUT2D eigenvalue weighted by atomic mass is 9.96. The summed E-state index contributed by atoms with van der Waals surface area (Å²) in [6.45, 7) is 1.78. The van der Waals surface area contributed by atoms with Crippen LogP contribution in [0.1, 0.15) is 37.3 Å². The number of amides is 2. The van der Waals surface area contributed by atoms with Crippen LogP contribution in [0.5, 0.6) is 5.75 Å². The molecule has 146 valence electrons. The molecule has 1 saturated carbocycles. The highest BCUT2D eigenvalue weighted by molar-refractivity contribution is 5.87. The quantitative estimate of drug-likeness (QED) is 0.805. The van der Waals surface area contributed by atoms with Crippen LogP contribution in [0, 0.1) is 0 Å². The molecule has 2 heterocycles. The lowest BCUT2D eigenvalue weighted by molar-refractivity contribution is -0.165.